The zero-order chi connectivity index (χ0) is 4.44. The van der Waals surface area contributed by atoms with E-state index in [9.17, 15) is 4.21 Å². The molecule has 0 aliphatic carbocycles. The van der Waals surface area contributed by atoms with Gasteiger partial charge in [-0.1, -0.05) is 0 Å². The van der Waals surface area contributed by atoms with E-state index in [1.165, 1.54) is 0 Å². The summed E-state index contributed by atoms with van der Waals surface area (Å²) in [6.45, 7) is 0. The summed E-state index contributed by atoms with van der Waals surface area (Å²) in [6, 6.07) is 0. The van der Waals surface area contributed by atoms with Crippen molar-refractivity contribution in [3.63, 3.8) is 0 Å². The van der Waals surface area contributed by atoms with Crippen LogP contribution in [0.4, 0.5) is 0 Å². The van der Waals surface area contributed by atoms with Crippen LogP contribution in [0.2, 0.25) is 0 Å². The molecule has 36 valence electrons. The standard InChI is InChI=1S/C2H4OS3/c1-6(3)2(4-6)5-6/h2H,1H3. The van der Waals surface area contributed by atoms with Gasteiger partial charge in [0.2, 0.25) is 0 Å². The van der Waals surface area contributed by atoms with Crippen molar-refractivity contribution in [2.24, 2.45) is 0 Å². The third-order valence-corrected chi connectivity index (χ3v) is 13.0. The van der Waals surface area contributed by atoms with Gasteiger partial charge in [-0.25, -0.2) is 0 Å². The third-order valence-electron chi connectivity index (χ3n) is 0.970. The summed E-state index contributed by atoms with van der Waals surface area (Å²) in [5, 5.41) is 0. The second-order valence-electron chi connectivity index (χ2n) is 1.71. The normalized spacial score (nSPS) is 60.2. The Kier molecular flexibility index (Phi) is 0.347. The zero-order valence-corrected chi connectivity index (χ0v) is 5.66. The quantitative estimate of drug-likeness (QED) is 0.370. The van der Waals surface area contributed by atoms with Crippen molar-refractivity contribution in [3.05, 3.63) is 0 Å². The molecule has 0 bridgehead atoms. The second kappa shape index (κ2) is 0.548. The van der Waals surface area contributed by atoms with Crippen LogP contribution in [0.5, 0.6) is 0 Å². The summed E-state index contributed by atoms with van der Waals surface area (Å²) < 4.78 is 11.4. The van der Waals surface area contributed by atoms with Gasteiger partial charge in [-0.15, -0.1) is 0 Å². The van der Waals surface area contributed by atoms with E-state index >= 15 is 0 Å². The molecule has 0 N–H and O–H groups in total. The van der Waals surface area contributed by atoms with Crippen molar-refractivity contribution < 1.29 is 4.21 Å². The highest BCUT2D eigenvalue weighted by Crippen LogP contribution is 2.92. The van der Waals surface area contributed by atoms with E-state index in [4.69, 9.17) is 0 Å². The Morgan fingerprint density at radius 3 is 1.83 bits per heavy atom. The Bertz CT molecular complexity index is 162. The van der Waals surface area contributed by atoms with Crippen LogP contribution in [0.25, 0.3) is 0 Å². The maximum Gasteiger partial charge on any atom is 0.145 e. The van der Waals surface area contributed by atoms with Crippen LogP contribution in [0.3, 0.4) is 0 Å². The molecule has 0 radical (unpaired) electrons. The van der Waals surface area contributed by atoms with Gasteiger partial charge in [0.1, 0.15) is 3.91 Å². The molecule has 2 heterocycles. The van der Waals surface area contributed by atoms with Gasteiger partial charge < -0.3 is 0 Å². The Balaban J connectivity index is 2.71. The first-order valence-electron chi connectivity index (χ1n) is 1.62. The van der Waals surface area contributed by atoms with Crippen LogP contribution < -0.4 is 0 Å². The van der Waals surface area contributed by atoms with Crippen molar-refractivity contribution in [1.82, 2.24) is 0 Å². The van der Waals surface area contributed by atoms with Crippen LogP contribution in [0.15, 0.2) is 0 Å². The lowest BCUT2D eigenvalue weighted by atomic mass is 11.9. The Labute approximate surface area is 43.4 Å². The number of rotatable bonds is 0. The zero-order valence-electron chi connectivity index (χ0n) is 3.21. The summed E-state index contributed by atoms with van der Waals surface area (Å²) >= 11 is 0. The van der Waals surface area contributed by atoms with Gasteiger partial charge in [-0.3, -0.25) is 4.21 Å². The van der Waals surface area contributed by atoms with Crippen LogP contribution in [-0.2, 0) is 7.13 Å². The van der Waals surface area contributed by atoms with E-state index in [1.54, 1.807) is 21.6 Å². The van der Waals surface area contributed by atoms with Gasteiger partial charge in [0.25, 0.3) is 0 Å². The maximum atomic E-state index is 10.9. The molecule has 2 saturated heterocycles. The fourth-order valence-electron chi connectivity index (χ4n) is 0.338. The summed E-state index contributed by atoms with van der Waals surface area (Å²) in [4.78, 5) is 0. The SMILES string of the molecule is CS12(=O)SC1S2. The predicted octanol–water partition coefficient (Wildman–Crippen LogP) is 1.04. The van der Waals surface area contributed by atoms with Gasteiger partial charge >= 0.3 is 0 Å². The average Bonchev–Trinajstić information content (AvgIpc) is 1.77. The highest BCUT2D eigenvalue weighted by atomic mass is 33.7. The van der Waals surface area contributed by atoms with E-state index in [1.807, 2.05) is 6.26 Å². The van der Waals surface area contributed by atoms with Crippen molar-refractivity contribution in [3.8, 4) is 0 Å². The summed E-state index contributed by atoms with van der Waals surface area (Å²) in [5.74, 6) is 0. The predicted molar refractivity (Wildman–Crippen MR) is 33.0 cm³/mol. The molecule has 1 nitrogen and oxygen atoms in total. The molecule has 0 saturated carbocycles. The van der Waals surface area contributed by atoms with Crippen molar-refractivity contribution in [2.75, 3.05) is 6.26 Å². The van der Waals surface area contributed by atoms with Gasteiger partial charge in [-0.2, -0.15) is 0 Å². The smallest absolute Gasteiger partial charge is 0.145 e. The molecule has 2 aliphatic rings. The molecule has 0 amide bonds. The highest BCUT2D eigenvalue weighted by molar-refractivity contribution is 9.43. The molecule has 0 aromatic carbocycles. The van der Waals surface area contributed by atoms with Crippen molar-refractivity contribution in [2.45, 2.75) is 3.91 Å². The first-order chi connectivity index (χ1) is 2.60. The molecule has 0 unspecified atom stereocenters. The fraction of sp³-hybridized carbons (Fsp3) is 1.00. The largest absolute Gasteiger partial charge is 0.261 e. The molecular weight excluding hydrogens is 136 g/mol. The molecule has 2 rings (SSSR count). The van der Waals surface area contributed by atoms with Crippen LogP contribution in [-0.4, -0.2) is 14.4 Å². The Hall–Kier alpha value is 0.850. The maximum absolute atomic E-state index is 10.9. The molecule has 0 spiro atoms. The first kappa shape index (κ1) is 3.80. The highest BCUT2D eigenvalue weighted by Gasteiger charge is 2.77. The number of hydrogen-bond donors (Lipinski definition) is 0. The monoisotopic (exact) mass is 140 g/mol. The molecule has 0 atom stereocenters. The average molecular weight is 140 g/mol. The van der Waals surface area contributed by atoms with Crippen LogP contribution in [0.1, 0.15) is 0 Å². The third kappa shape index (κ3) is 0.253. The lowest BCUT2D eigenvalue weighted by Gasteiger charge is -1.90. The Morgan fingerprint density at radius 2 is 1.83 bits per heavy atom. The summed E-state index contributed by atoms with van der Waals surface area (Å²) in [5.41, 5.74) is 0. The number of fused-ring (bicyclic) bond motifs is 1. The minimum absolute atomic E-state index is 0.530. The van der Waals surface area contributed by atoms with Crippen molar-refractivity contribution in [1.29, 1.82) is 0 Å². The summed E-state index contributed by atoms with van der Waals surface area (Å²) in [6.07, 6.45) is 1.87. The van der Waals surface area contributed by atoms with Crippen molar-refractivity contribution >= 4 is 28.7 Å². The second-order valence-corrected chi connectivity index (χ2v) is 13.6. The van der Waals surface area contributed by atoms with Gasteiger partial charge in [0.05, 0.1) is 0 Å². The molecule has 6 heavy (non-hydrogen) atoms. The molecule has 0 aromatic heterocycles. The van der Waals surface area contributed by atoms with Crippen LogP contribution >= 0.6 is 21.6 Å². The topological polar surface area (TPSA) is 17.1 Å². The summed E-state index contributed by atoms with van der Waals surface area (Å²) in [7, 11) is 1.43. The van der Waals surface area contributed by atoms with Gasteiger partial charge in [-0.05, 0) is 21.6 Å². The molecule has 4 heteroatoms. The lowest BCUT2D eigenvalue weighted by molar-refractivity contribution is 0.689. The van der Waals surface area contributed by atoms with E-state index in [0.717, 1.165) is 0 Å². The van der Waals surface area contributed by atoms with Gasteiger partial charge in [0, 0.05) is 13.4 Å². The number of hydrogen-bond acceptors (Lipinski definition) is 3. The van der Waals surface area contributed by atoms with Crippen LogP contribution in [0, 0.1) is 0 Å². The lowest BCUT2D eigenvalue weighted by Crippen LogP contribution is -1.81. The minimum atomic E-state index is -1.85. The van der Waals surface area contributed by atoms with Gasteiger partial charge in [0.15, 0.2) is 0 Å². The first-order valence-corrected chi connectivity index (χ1v) is 6.85. The van der Waals surface area contributed by atoms with E-state index in [0.29, 0.717) is 3.91 Å². The fourth-order valence-corrected chi connectivity index (χ4v) is 10.9. The minimum Gasteiger partial charge on any atom is -0.261 e. The van der Waals surface area contributed by atoms with E-state index in [2.05, 4.69) is 0 Å². The molecular formula is C2H4OS3. The van der Waals surface area contributed by atoms with E-state index < -0.39 is 7.13 Å². The molecule has 0 aromatic rings. The molecule has 2 aliphatic heterocycles. The Morgan fingerprint density at radius 1 is 1.67 bits per heavy atom. The molecule has 2 fully saturated rings. The van der Waals surface area contributed by atoms with E-state index in [-0.39, 0.29) is 0 Å².